The van der Waals surface area contributed by atoms with E-state index in [-0.39, 0.29) is 5.95 Å². The zero-order chi connectivity index (χ0) is 14.8. The molecule has 0 saturated heterocycles. The lowest BCUT2D eigenvalue weighted by Crippen LogP contribution is -2.36. The Morgan fingerprint density at radius 1 is 1.19 bits per heavy atom. The number of fused-ring (bicyclic) bond motifs is 1. The Bertz CT molecular complexity index is 643. The Balaban J connectivity index is 1.65. The summed E-state index contributed by atoms with van der Waals surface area (Å²) in [5, 5.41) is 3.99. The Labute approximate surface area is 128 Å². The van der Waals surface area contributed by atoms with Crippen molar-refractivity contribution in [2.45, 2.75) is 13.0 Å². The molecular formula is C14H17ClN6. The molecule has 0 amide bonds. The molecule has 1 aliphatic heterocycles. The first-order valence-electron chi connectivity index (χ1n) is 6.74. The van der Waals surface area contributed by atoms with Gasteiger partial charge in [0.2, 0.25) is 5.95 Å². The normalized spacial score (nSPS) is 14.5. The standard InChI is InChI=1S/C14H17ClN6/c15-10-3-1-9(2-4-10)5-6-21-7-11-12(16)19-14(17)20-13(11)18-8-21/h1-4H,5-8H2,(H5,16,17,18,19,20). The molecule has 0 bridgehead atoms. The highest BCUT2D eigenvalue weighted by Gasteiger charge is 2.20. The summed E-state index contributed by atoms with van der Waals surface area (Å²) in [6, 6.07) is 7.92. The minimum Gasteiger partial charge on any atom is -0.383 e. The third kappa shape index (κ3) is 3.17. The predicted molar refractivity (Wildman–Crippen MR) is 84.9 cm³/mol. The molecule has 0 radical (unpaired) electrons. The molecule has 2 aromatic rings. The average molecular weight is 305 g/mol. The van der Waals surface area contributed by atoms with Crippen molar-refractivity contribution in [1.82, 2.24) is 14.9 Å². The van der Waals surface area contributed by atoms with Crippen LogP contribution in [0.3, 0.4) is 0 Å². The lowest BCUT2D eigenvalue weighted by atomic mass is 10.1. The molecule has 21 heavy (non-hydrogen) atoms. The largest absolute Gasteiger partial charge is 0.383 e. The summed E-state index contributed by atoms with van der Waals surface area (Å²) in [6.45, 7) is 2.36. The maximum absolute atomic E-state index is 5.92. The number of nitrogens with one attached hydrogen (secondary N) is 1. The van der Waals surface area contributed by atoms with Crippen LogP contribution in [-0.2, 0) is 13.0 Å². The minimum atomic E-state index is 0.202. The zero-order valence-electron chi connectivity index (χ0n) is 11.5. The number of anilines is 3. The van der Waals surface area contributed by atoms with E-state index in [0.717, 1.165) is 42.6 Å². The van der Waals surface area contributed by atoms with Gasteiger partial charge < -0.3 is 16.8 Å². The Hall–Kier alpha value is -2.05. The molecule has 5 N–H and O–H groups in total. The van der Waals surface area contributed by atoms with Gasteiger partial charge >= 0.3 is 0 Å². The monoisotopic (exact) mass is 304 g/mol. The van der Waals surface area contributed by atoms with Gasteiger partial charge in [0, 0.05) is 18.1 Å². The van der Waals surface area contributed by atoms with Crippen molar-refractivity contribution < 1.29 is 0 Å². The van der Waals surface area contributed by atoms with E-state index in [1.165, 1.54) is 5.56 Å². The first-order valence-corrected chi connectivity index (χ1v) is 7.12. The number of hydrogen-bond donors (Lipinski definition) is 3. The number of rotatable bonds is 3. The average Bonchev–Trinajstić information content (AvgIpc) is 2.47. The molecule has 0 aliphatic carbocycles. The molecule has 1 aromatic heterocycles. The third-order valence-corrected chi connectivity index (χ3v) is 3.79. The van der Waals surface area contributed by atoms with Crippen LogP contribution in [0.4, 0.5) is 17.6 Å². The molecular weight excluding hydrogens is 288 g/mol. The summed E-state index contributed by atoms with van der Waals surface area (Å²) in [4.78, 5) is 10.4. The number of aromatic nitrogens is 2. The van der Waals surface area contributed by atoms with Crippen LogP contribution in [0.1, 0.15) is 11.1 Å². The van der Waals surface area contributed by atoms with Crippen LogP contribution in [0, 0.1) is 0 Å². The minimum absolute atomic E-state index is 0.202. The first kappa shape index (κ1) is 13.9. The second kappa shape index (κ2) is 5.75. The summed E-state index contributed by atoms with van der Waals surface area (Å²) in [5.74, 6) is 1.39. The van der Waals surface area contributed by atoms with Crippen molar-refractivity contribution in [3.63, 3.8) is 0 Å². The van der Waals surface area contributed by atoms with E-state index in [4.69, 9.17) is 23.1 Å². The van der Waals surface area contributed by atoms with Crippen molar-refractivity contribution in [3.8, 4) is 0 Å². The fourth-order valence-corrected chi connectivity index (χ4v) is 2.51. The maximum atomic E-state index is 5.92. The molecule has 0 spiro atoms. The van der Waals surface area contributed by atoms with E-state index in [2.05, 4.69) is 20.2 Å². The van der Waals surface area contributed by atoms with E-state index >= 15 is 0 Å². The van der Waals surface area contributed by atoms with Gasteiger partial charge in [-0.15, -0.1) is 0 Å². The van der Waals surface area contributed by atoms with E-state index in [9.17, 15) is 0 Å². The van der Waals surface area contributed by atoms with E-state index < -0.39 is 0 Å². The molecule has 2 heterocycles. The highest BCUT2D eigenvalue weighted by molar-refractivity contribution is 6.30. The van der Waals surface area contributed by atoms with Gasteiger partial charge in [0.1, 0.15) is 11.6 Å². The number of nitrogens with two attached hydrogens (primary N) is 2. The van der Waals surface area contributed by atoms with E-state index in [1.54, 1.807) is 0 Å². The second-order valence-corrected chi connectivity index (χ2v) is 5.49. The van der Waals surface area contributed by atoms with Crippen molar-refractivity contribution in [2.24, 2.45) is 0 Å². The van der Waals surface area contributed by atoms with Crippen LogP contribution in [0.25, 0.3) is 0 Å². The molecule has 0 fully saturated rings. The predicted octanol–water partition coefficient (Wildman–Crippen LogP) is 1.72. The number of hydrogen-bond acceptors (Lipinski definition) is 6. The van der Waals surface area contributed by atoms with Gasteiger partial charge in [-0.3, -0.25) is 4.90 Å². The number of nitrogens with zero attached hydrogens (tertiary/aromatic N) is 3. The van der Waals surface area contributed by atoms with Gasteiger partial charge in [-0.05, 0) is 24.1 Å². The molecule has 0 unspecified atom stereocenters. The van der Waals surface area contributed by atoms with Crippen LogP contribution in [0.2, 0.25) is 5.02 Å². The van der Waals surface area contributed by atoms with Gasteiger partial charge in [0.25, 0.3) is 0 Å². The summed E-state index contributed by atoms with van der Waals surface area (Å²) in [5.41, 5.74) is 13.7. The lowest BCUT2D eigenvalue weighted by Gasteiger charge is -2.29. The fourth-order valence-electron chi connectivity index (χ4n) is 2.38. The molecule has 0 saturated carbocycles. The summed E-state index contributed by atoms with van der Waals surface area (Å²) < 4.78 is 0. The quantitative estimate of drug-likeness (QED) is 0.799. The lowest BCUT2D eigenvalue weighted by molar-refractivity contribution is 0.278. The zero-order valence-corrected chi connectivity index (χ0v) is 12.3. The highest BCUT2D eigenvalue weighted by Crippen LogP contribution is 2.25. The van der Waals surface area contributed by atoms with E-state index in [0.29, 0.717) is 5.82 Å². The van der Waals surface area contributed by atoms with Crippen LogP contribution >= 0.6 is 11.6 Å². The number of benzene rings is 1. The SMILES string of the molecule is Nc1nc(N)c2c(n1)NCN(CCc1ccc(Cl)cc1)C2. The highest BCUT2D eigenvalue weighted by atomic mass is 35.5. The van der Waals surface area contributed by atoms with Gasteiger partial charge in [-0.2, -0.15) is 9.97 Å². The Morgan fingerprint density at radius 2 is 1.95 bits per heavy atom. The topological polar surface area (TPSA) is 93.1 Å². The molecule has 6 nitrogen and oxygen atoms in total. The van der Waals surface area contributed by atoms with Gasteiger partial charge in [0.15, 0.2) is 0 Å². The molecule has 1 aliphatic rings. The molecule has 7 heteroatoms. The number of nitrogen functional groups attached to an aromatic ring is 2. The van der Waals surface area contributed by atoms with Gasteiger partial charge in [-0.1, -0.05) is 23.7 Å². The Morgan fingerprint density at radius 3 is 2.71 bits per heavy atom. The molecule has 0 atom stereocenters. The second-order valence-electron chi connectivity index (χ2n) is 5.06. The first-order chi connectivity index (χ1) is 10.1. The van der Waals surface area contributed by atoms with Crippen LogP contribution < -0.4 is 16.8 Å². The van der Waals surface area contributed by atoms with Gasteiger partial charge in [0.05, 0.1) is 12.2 Å². The number of halogens is 1. The molecule has 3 rings (SSSR count). The molecule has 110 valence electrons. The Kier molecular flexibility index (Phi) is 3.81. The van der Waals surface area contributed by atoms with Crippen molar-refractivity contribution >= 4 is 29.2 Å². The van der Waals surface area contributed by atoms with Gasteiger partial charge in [-0.25, -0.2) is 0 Å². The smallest absolute Gasteiger partial charge is 0.223 e. The summed E-state index contributed by atoms with van der Waals surface area (Å²) in [6.07, 6.45) is 0.948. The third-order valence-electron chi connectivity index (χ3n) is 3.54. The van der Waals surface area contributed by atoms with E-state index in [1.807, 2.05) is 24.3 Å². The van der Waals surface area contributed by atoms with Crippen LogP contribution in [-0.4, -0.2) is 28.1 Å². The fraction of sp³-hybridized carbons (Fsp3) is 0.286. The van der Waals surface area contributed by atoms with Crippen molar-refractivity contribution in [3.05, 3.63) is 40.4 Å². The summed E-state index contributed by atoms with van der Waals surface area (Å²) >= 11 is 5.89. The van der Waals surface area contributed by atoms with Crippen molar-refractivity contribution in [1.29, 1.82) is 0 Å². The maximum Gasteiger partial charge on any atom is 0.223 e. The van der Waals surface area contributed by atoms with Crippen molar-refractivity contribution in [2.75, 3.05) is 30.0 Å². The van der Waals surface area contributed by atoms with Crippen LogP contribution in [0.5, 0.6) is 0 Å². The van der Waals surface area contributed by atoms with Crippen LogP contribution in [0.15, 0.2) is 24.3 Å². The molecule has 1 aromatic carbocycles. The summed E-state index contributed by atoms with van der Waals surface area (Å²) in [7, 11) is 0.